The highest BCUT2D eigenvalue weighted by Crippen LogP contribution is 2.21. The van der Waals surface area contributed by atoms with Gasteiger partial charge in [-0.15, -0.1) is 0 Å². The zero-order valence-electron chi connectivity index (χ0n) is 8.70. The van der Waals surface area contributed by atoms with Gasteiger partial charge in [-0.3, -0.25) is 4.79 Å². The van der Waals surface area contributed by atoms with Crippen LogP contribution < -0.4 is 5.43 Å². The van der Waals surface area contributed by atoms with Crippen LogP contribution in [0.2, 0.25) is 0 Å². The van der Waals surface area contributed by atoms with Crippen molar-refractivity contribution in [2.24, 2.45) is 0 Å². The third kappa shape index (κ3) is 4.29. The van der Waals surface area contributed by atoms with E-state index < -0.39 is 29.6 Å². The molecule has 7 heteroatoms. The van der Waals surface area contributed by atoms with Crippen molar-refractivity contribution in [1.29, 1.82) is 0 Å². The van der Waals surface area contributed by atoms with Crippen LogP contribution in [-0.4, -0.2) is 21.8 Å². The standard InChI is InChI=1S/C10H10F3NO3/c11-10(12,13)3-1-4-14-5-2-8(15)7(6-14)9(16)17/h2,5-6H,1,3-4H2,(H,16,17). The zero-order chi connectivity index (χ0) is 13.1. The predicted molar refractivity (Wildman–Crippen MR) is 53.0 cm³/mol. The van der Waals surface area contributed by atoms with Crippen molar-refractivity contribution in [2.75, 3.05) is 0 Å². The molecule has 0 aliphatic rings. The Balaban J connectivity index is 2.70. The third-order valence-corrected chi connectivity index (χ3v) is 2.08. The fourth-order valence-corrected chi connectivity index (χ4v) is 1.29. The molecule has 17 heavy (non-hydrogen) atoms. The lowest BCUT2D eigenvalue weighted by Crippen LogP contribution is -2.17. The van der Waals surface area contributed by atoms with Crippen molar-refractivity contribution in [1.82, 2.24) is 4.57 Å². The molecular formula is C10H10F3NO3. The summed E-state index contributed by atoms with van der Waals surface area (Å²) < 4.78 is 36.9. The second-order valence-corrected chi connectivity index (χ2v) is 3.48. The van der Waals surface area contributed by atoms with Gasteiger partial charge >= 0.3 is 12.1 Å². The second kappa shape index (κ2) is 5.03. The van der Waals surface area contributed by atoms with Gasteiger partial charge in [0.05, 0.1) is 0 Å². The quantitative estimate of drug-likeness (QED) is 0.886. The van der Waals surface area contributed by atoms with Gasteiger partial charge < -0.3 is 9.67 Å². The molecule has 0 atom stereocenters. The minimum absolute atomic E-state index is 0.0140. The van der Waals surface area contributed by atoms with Gasteiger partial charge in [-0.25, -0.2) is 4.79 Å². The summed E-state index contributed by atoms with van der Waals surface area (Å²) in [6.45, 7) is 0.0140. The number of nitrogens with zero attached hydrogens (tertiary/aromatic N) is 1. The lowest BCUT2D eigenvalue weighted by Gasteiger charge is -2.08. The summed E-state index contributed by atoms with van der Waals surface area (Å²) in [5, 5.41) is 8.65. The number of carboxylic acids is 1. The Morgan fingerprint density at radius 2 is 2.06 bits per heavy atom. The molecule has 0 radical (unpaired) electrons. The van der Waals surface area contributed by atoms with Gasteiger partial charge in [0.1, 0.15) is 5.56 Å². The molecular weight excluding hydrogens is 239 g/mol. The van der Waals surface area contributed by atoms with Crippen molar-refractivity contribution in [3.63, 3.8) is 0 Å². The molecule has 1 aromatic rings. The van der Waals surface area contributed by atoms with E-state index in [0.29, 0.717) is 0 Å². The summed E-state index contributed by atoms with van der Waals surface area (Å²) in [7, 11) is 0. The predicted octanol–water partition coefficient (Wildman–Crippen LogP) is 1.89. The van der Waals surface area contributed by atoms with Crippen molar-refractivity contribution in [3.05, 3.63) is 34.2 Å². The van der Waals surface area contributed by atoms with Crippen LogP contribution in [0.5, 0.6) is 0 Å². The number of hydrogen-bond donors (Lipinski definition) is 1. The molecule has 0 saturated heterocycles. The molecule has 0 fully saturated rings. The van der Waals surface area contributed by atoms with Gasteiger partial charge in [-0.1, -0.05) is 0 Å². The Morgan fingerprint density at radius 3 is 2.59 bits per heavy atom. The average molecular weight is 249 g/mol. The first kappa shape index (κ1) is 13.3. The fourth-order valence-electron chi connectivity index (χ4n) is 1.29. The van der Waals surface area contributed by atoms with Crippen molar-refractivity contribution >= 4 is 5.97 Å². The van der Waals surface area contributed by atoms with E-state index in [2.05, 4.69) is 0 Å². The molecule has 1 aromatic heterocycles. The summed E-state index contributed by atoms with van der Waals surface area (Å²) in [6, 6.07) is 1.02. The summed E-state index contributed by atoms with van der Waals surface area (Å²) in [5.74, 6) is -1.39. The molecule has 0 spiro atoms. The molecule has 4 nitrogen and oxygen atoms in total. The molecule has 94 valence electrons. The minimum Gasteiger partial charge on any atom is -0.477 e. The molecule has 1 heterocycles. The number of carboxylic acid groups (broad SMARTS) is 1. The molecule has 1 N–H and O–H groups in total. The number of aromatic nitrogens is 1. The van der Waals surface area contributed by atoms with Crippen molar-refractivity contribution in [3.8, 4) is 0 Å². The highest BCUT2D eigenvalue weighted by atomic mass is 19.4. The van der Waals surface area contributed by atoms with Gasteiger partial charge in [-0.2, -0.15) is 13.2 Å². The largest absolute Gasteiger partial charge is 0.477 e. The molecule has 0 saturated carbocycles. The maximum atomic E-state index is 11.9. The van der Waals surface area contributed by atoms with E-state index >= 15 is 0 Å². The number of hydrogen-bond acceptors (Lipinski definition) is 2. The van der Waals surface area contributed by atoms with Crippen LogP contribution in [0.1, 0.15) is 23.2 Å². The first-order chi connectivity index (χ1) is 7.79. The third-order valence-electron chi connectivity index (χ3n) is 2.08. The van der Waals surface area contributed by atoms with Crippen LogP contribution in [0.25, 0.3) is 0 Å². The summed E-state index contributed by atoms with van der Waals surface area (Å²) >= 11 is 0. The molecule has 0 aliphatic carbocycles. The van der Waals surface area contributed by atoms with E-state index in [9.17, 15) is 22.8 Å². The summed E-state index contributed by atoms with van der Waals surface area (Å²) in [6.07, 6.45) is -3.02. The first-order valence-electron chi connectivity index (χ1n) is 4.80. The van der Waals surface area contributed by atoms with Crippen molar-refractivity contribution < 1.29 is 23.1 Å². The normalized spacial score (nSPS) is 11.5. The Labute approximate surface area is 94.3 Å². The van der Waals surface area contributed by atoms with E-state index in [4.69, 9.17) is 5.11 Å². The van der Waals surface area contributed by atoms with Crippen LogP contribution in [0.3, 0.4) is 0 Å². The number of rotatable bonds is 4. The fraction of sp³-hybridized carbons (Fsp3) is 0.400. The molecule has 0 aromatic carbocycles. The van der Waals surface area contributed by atoms with Crippen LogP contribution >= 0.6 is 0 Å². The van der Waals surface area contributed by atoms with Crippen LogP contribution in [0.4, 0.5) is 13.2 Å². The minimum atomic E-state index is -4.23. The van der Waals surface area contributed by atoms with Gasteiger partial charge in [-0.05, 0) is 6.42 Å². The van der Waals surface area contributed by atoms with Gasteiger partial charge in [0.2, 0.25) is 0 Å². The number of aromatic carboxylic acids is 1. The highest BCUT2D eigenvalue weighted by Gasteiger charge is 2.25. The smallest absolute Gasteiger partial charge is 0.389 e. The van der Waals surface area contributed by atoms with Crippen LogP contribution in [0.15, 0.2) is 23.3 Å². The SMILES string of the molecule is O=C(O)c1cn(CCCC(F)(F)F)ccc1=O. The highest BCUT2D eigenvalue weighted by molar-refractivity contribution is 5.86. The number of carbonyl (C=O) groups is 1. The monoisotopic (exact) mass is 249 g/mol. The lowest BCUT2D eigenvalue weighted by molar-refractivity contribution is -0.135. The number of pyridine rings is 1. The maximum absolute atomic E-state index is 11.9. The lowest BCUT2D eigenvalue weighted by atomic mass is 10.2. The van der Waals surface area contributed by atoms with E-state index in [0.717, 1.165) is 12.3 Å². The van der Waals surface area contributed by atoms with Gasteiger partial charge in [0.15, 0.2) is 5.43 Å². The number of halogens is 3. The molecule has 0 amide bonds. The number of aryl methyl sites for hydroxylation is 1. The second-order valence-electron chi connectivity index (χ2n) is 3.48. The van der Waals surface area contributed by atoms with Crippen LogP contribution in [-0.2, 0) is 6.54 Å². The Hall–Kier alpha value is -1.79. The zero-order valence-corrected chi connectivity index (χ0v) is 8.70. The molecule has 0 unspecified atom stereocenters. The number of alkyl halides is 3. The van der Waals surface area contributed by atoms with E-state index in [1.807, 2.05) is 0 Å². The van der Waals surface area contributed by atoms with Crippen LogP contribution in [0, 0.1) is 0 Å². The summed E-state index contributed by atoms with van der Waals surface area (Å²) in [4.78, 5) is 21.7. The first-order valence-corrected chi connectivity index (χ1v) is 4.80. The van der Waals surface area contributed by atoms with Gasteiger partial charge in [0.25, 0.3) is 0 Å². The molecule has 1 rings (SSSR count). The van der Waals surface area contributed by atoms with Gasteiger partial charge in [0, 0.05) is 31.4 Å². The van der Waals surface area contributed by atoms with Crippen molar-refractivity contribution in [2.45, 2.75) is 25.6 Å². The van der Waals surface area contributed by atoms with E-state index in [1.165, 1.54) is 10.8 Å². The Morgan fingerprint density at radius 1 is 1.41 bits per heavy atom. The Kier molecular flexibility index (Phi) is 3.93. The maximum Gasteiger partial charge on any atom is 0.389 e. The topological polar surface area (TPSA) is 59.3 Å². The average Bonchev–Trinajstić information content (AvgIpc) is 2.18. The van der Waals surface area contributed by atoms with E-state index in [-0.39, 0.29) is 13.0 Å². The molecule has 0 bridgehead atoms. The summed E-state index contributed by atoms with van der Waals surface area (Å²) in [5.41, 5.74) is -1.11. The molecule has 0 aliphatic heterocycles. The Bertz CT molecular complexity index is 465. The van der Waals surface area contributed by atoms with E-state index in [1.54, 1.807) is 0 Å².